The van der Waals surface area contributed by atoms with E-state index in [-0.39, 0.29) is 24.3 Å². The number of aromatic amines is 1. The molecule has 1 aliphatic rings. The van der Waals surface area contributed by atoms with E-state index in [0.29, 0.717) is 17.9 Å². The predicted octanol–water partition coefficient (Wildman–Crippen LogP) is -0.0793. The number of aromatic nitrogens is 6. The van der Waals surface area contributed by atoms with Crippen LogP contribution in [-0.4, -0.2) is 54.8 Å². The molecule has 10 nitrogen and oxygen atoms in total. The Morgan fingerprint density at radius 3 is 2.88 bits per heavy atom. The third-order valence-corrected chi connectivity index (χ3v) is 3.97. The van der Waals surface area contributed by atoms with Crippen LogP contribution in [-0.2, 0) is 4.79 Å². The Bertz CT molecular complexity index is 889. The molecular weight excluding hydrogens is 324 g/mol. The Morgan fingerprint density at radius 1 is 1.28 bits per heavy atom. The van der Waals surface area contributed by atoms with Gasteiger partial charge in [0.05, 0.1) is 12.2 Å². The fourth-order valence-corrected chi connectivity index (χ4v) is 2.81. The Balaban J connectivity index is 1.48. The van der Waals surface area contributed by atoms with Crippen molar-refractivity contribution in [2.45, 2.75) is 12.5 Å². The summed E-state index contributed by atoms with van der Waals surface area (Å²) in [6, 6.07) is 9.10. The van der Waals surface area contributed by atoms with Gasteiger partial charge in [0.1, 0.15) is 11.9 Å². The maximum atomic E-state index is 12.5. The number of carbonyl (C=O) groups excluding carboxylic acids is 2. The summed E-state index contributed by atoms with van der Waals surface area (Å²) in [4.78, 5) is 26.4. The molecule has 3 heterocycles. The average Bonchev–Trinajstić information content (AvgIpc) is 3.35. The van der Waals surface area contributed by atoms with Gasteiger partial charge in [-0.15, -0.1) is 5.10 Å². The second kappa shape index (κ2) is 6.15. The van der Waals surface area contributed by atoms with Crippen LogP contribution in [0.2, 0.25) is 0 Å². The molecule has 1 atom stereocenters. The van der Waals surface area contributed by atoms with Crippen LogP contribution in [0.15, 0.2) is 42.9 Å². The quantitative estimate of drug-likeness (QED) is 0.686. The number of nitrogens with one attached hydrogen (secondary N) is 2. The molecule has 4 rings (SSSR count). The first-order valence-corrected chi connectivity index (χ1v) is 7.65. The van der Waals surface area contributed by atoms with Crippen LogP contribution >= 0.6 is 0 Å². The van der Waals surface area contributed by atoms with Crippen LogP contribution in [0.1, 0.15) is 16.8 Å². The van der Waals surface area contributed by atoms with Gasteiger partial charge in [0.15, 0.2) is 5.82 Å². The Labute approximate surface area is 141 Å². The van der Waals surface area contributed by atoms with Gasteiger partial charge >= 0.3 is 0 Å². The summed E-state index contributed by atoms with van der Waals surface area (Å²) in [6.45, 7) is 0.423. The number of amides is 2. The molecule has 2 aromatic heterocycles. The van der Waals surface area contributed by atoms with Gasteiger partial charge in [0, 0.05) is 18.7 Å². The van der Waals surface area contributed by atoms with Crippen molar-refractivity contribution in [3.8, 4) is 5.82 Å². The van der Waals surface area contributed by atoms with Crippen LogP contribution in [0, 0.1) is 0 Å². The second-order valence-electron chi connectivity index (χ2n) is 5.60. The molecule has 1 saturated heterocycles. The van der Waals surface area contributed by atoms with Crippen molar-refractivity contribution in [3.05, 3.63) is 48.4 Å². The standard InChI is InChI=1S/C15H14N8O2/c24-13-6-10(8-22(13)11-4-2-1-3-5-11)18-15(25)12-7-16-19-14(12)23-9-17-20-21-23/h1-5,7,9-10H,6,8H2,(H,16,19)(H,18,25). The van der Waals surface area contributed by atoms with Gasteiger partial charge in [-0.2, -0.15) is 9.78 Å². The van der Waals surface area contributed by atoms with E-state index < -0.39 is 0 Å². The lowest BCUT2D eigenvalue weighted by molar-refractivity contribution is -0.117. The minimum Gasteiger partial charge on any atom is -0.347 e. The molecule has 0 radical (unpaired) electrons. The first-order chi connectivity index (χ1) is 12.2. The number of H-pyrrole nitrogens is 1. The normalized spacial score (nSPS) is 17.0. The number of hydrogen-bond donors (Lipinski definition) is 2. The molecule has 1 unspecified atom stereocenters. The molecule has 2 N–H and O–H groups in total. The first kappa shape index (κ1) is 15.0. The number of hydrogen-bond acceptors (Lipinski definition) is 6. The van der Waals surface area contributed by atoms with Crippen molar-refractivity contribution in [1.82, 2.24) is 35.7 Å². The number of para-hydroxylation sites is 1. The second-order valence-corrected chi connectivity index (χ2v) is 5.60. The van der Waals surface area contributed by atoms with Gasteiger partial charge < -0.3 is 10.2 Å². The number of anilines is 1. The number of rotatable bonds is 4. The highest BCUT2D eigenvalue weighted by Gasteiger charge is 2.32. The molecule has 0 bridgehead atoms. The van der Waals surface area contributed by atoms with E-state index in [1.807, 2.05) is 30.3 Å². The molecule has 10 heteroatoms. The van der Waals surface area contributed by atoms with Gasteiger partial charge in [-0.05, 0) is 22.6 Å². The summed E-state index contributed by atoms with van der Waals surface area (Å²) < 4.78 is 1.32. The third kappa shape index (κ3) is 2.84. The lowest BCUT2D eigenvalue weighted by Crippen LogP contribution is -2.37. The van der Waals surface area contributed by atoms with Crippen molar-refractivity contribution in [1.29, 1.82) is 0 Å². The maximum absolute atomic E-state index is 12.5. The molecule has 1 fully saturated rings. The largest absolute Gasteiger partial charge is 0.347 e. The van der Waals surface area contributed by atoms with E-state index in [1.54, 1.807) is 4.90 Å². The molecular formula is C15H14N8O2. The van der Waals surface area contributed by atoms with E-state index in [2.05, 4.69) is 31.0 Å². The number of tetrazole rings is 1. The summed E-state index contributed by atoms with van der Waals surface area (Å²) in [7, 11) is 0. The molecule has 0 saturated carbocycles. The fraction of sp³-hybridized carbons (Fsp3) is 0.200. The van der Waals surface area contributed by atoms with Crippen LogP contribution < -0.4 is 10.2 Å². The molecule has 3 aromatic rings. The summed E-state index contributed by atoms with van der Waals surface area (Å²) in [5, 5.41) is 20.2. The van der Waals surface area contributed by atoms with E-state index in [0.717, 1.165) is 5.69 Å². The third-order valence-electron chi connectivity index (χ3n) is 3.97. The van der Waals surface area contributed by atoms with Crippen LogP contribution in [0.4, 0.5) is 5.69 Å². The molecule has 2 amide bonds. The smallest absolute Gasteiger partial charge is 0.257 e. The van der Waals surface area contributed by atoms with E-state index >= 15 is 0 Å². The fourth-order valence-electron chi connectivity index (χ4n) is 2.81. The van der Waals surface area contributed by atoms with Crippen molar-refractivity contribution >= 4 is 17.5 Å². The summed E-state index contributed by atoms with van der Waals surface area (Å²) in [5.41, 5.74) is 1.12. The minimum absolute atomic E-state index is 0.0237. The van der Waals surface area contributed by atoms with Gasteiger partial charge in [-0.25, -0.2) is 0 Å². The summed E-state index contributed by atoms with van der Waals surface area (Å²) >= 11 is 0. The summed E-state index contributed by atoms with van der Waals surface area (Å²) in [5.74, 6) is 0.00286. The SMILES string of the molecule is O=C(NC1CC(=O)N(c2ccccc2)C1)c1cn[nH]c1-n1cnnn1. The van der Waals surface area contributed by atoms with Gasteiger partial charge in [-0.3, -0.25) is 14.7 Å². The lowest BCUT2D eigenvalue weighted by Gasteiger charge is -2.17. The zero-order valence-electron chi connectivity index (χ0n) is 13.0. The van der Waals surface area contributed by atoms with Gasteiger partial charge in [-0.1, -0.05) is 18.2 Å². The maximum Gasteiger partial charge on any atom is 0.257 e. The van der Waals surface area contributed by atoms with Crippen molar-refractivity contribution in [3.63, 3.8) is 0 Å². The van der Waals surface area contributed by atoms with Gasteiger partial charge in [0.2, 0.25) is 5.91 Å². The minimum atomic E-state index is -0.341. The Kier molecular flexibility index (Phi) is 3.69. The zero-order valence-corrected chi connectivity index (χ0v) is 13.0. The van der Waals surface area contributed by atoms with Gasteiger partial charge in [0.25, 0.3) is 5.91 Å². The lowest BCUT2D eigenvalue weighted by atomic mass is 10.2. The predicted molar refractivity (Wildman–Crippen MR) is 86.0 cm³/mol. The first-order valence-electron chi connectivity index (χ1n) is 7.65. The topological polar surface area (TPSA) is 122 Å². The van der Waals surface area contributed by atoms with Crippen molar-refractivity contribution in [2.24, 2.45) is 0 Å². The molecule has 25 heavy (non-hydrogen) atoms. The zero-order chi connectivity index (χ0) is 17.2. The molecule has 1 aliphatic heterocycles. The Morgan fingerprint density at radius 2 is 2.12 bits per heavy atom. The van der Waals surface area contributed by atoms with Crippen LogP contribution in [0.5, 0.6) is 0 Å². The number of carbonyl (C=O) groups is 2. The highest BCUT2D eigenvalue weighted by molar-refractivity contribution is 6.00. The van der Waals surface area contributed by atoms with Crippen molar-refractivity contribution in [2.75, 3.05) is 11.4 Å². The monoisotopic (exact) mass is 338 g/mol. The highest BCUT2D eigenvalue weighted by Crippen LogP contribution is 2.21. The highest BCUT2D eigenvalue weighted by atomic mass is 16.2. The molecule has 0 spiro atoms. The van der Waals surface area contributed by atoms with Crippen LogP contribution in [0.3, 0.4) is 0 Å². The van der Waals surface area contributed by atoms with Crippen LogP contribution in [0.25, 0.3) is 5.82 Å². The molecule has 0 aliphatic carbocycles. The molecule has 1 aromatic carbocycles. The number of nitrogens with zero attached hydrogens (tertiary/aromatic N) is 6. The summed E-state index contributed by atoms with van der Waals surface area (Å²) in [6.07, 6.45) is 3.01. The Hall–Kier alpha value is -3.56. The van der Waals surface area contributed by atoms with Crippen molar-refractivity contribution < 1.29 is 9.59 Å². The van der Waals surface area contributed by atoms with E-state index in [1.165, 1.54) is 17.2 Å². The number of benzene rings is 1. The average molecular weight is 338 g/mol. The molecule has 126 valence electrons. The van der Waals surface area contributed by atoms with E-state index in [9.17, 15) is 9.59 Å². The van der Waals surface area contributed by atoms with E-state index in [4.69, 9.17) is 0 Å².